The van der Waals surface area contributed by atoms with Crippen molar-refractivity contribution in [3.63, 3.8) is 0 Å². The Morgan fingerprint density at radius 2 is 2.06 bits per heavy atom. The third-order valence-corrected chi connectivity index (χ3v) is 2.40. The first-order chi connectivity index (χ1) is 7.79. The molecule has 1 heterocycles. The van der Waals surface area contributed by atoms with E-state index in [4.69, 9.17) is 21.1 Å². The van der Waals surface area contributed by atoms with Crippen molar-refractivity contribution >= 4 is 23.2 Å². The van der Waals surface area contributed by atoms with Crippen molar-refractivity contribution in [1.82, 2.24) is 0 Å². The van der Waals surface area contributed by atoms with Gasteiger partial charge in [-0.3, -0.25) is 4.79 Å². The summed E-state index contributed by atoms with van der Waals surface area (Å²) in [7, 11) is 0. The Labute approximate surface area is 98.5 Å². The van der Waals surface area contributed by atoms with Crippen LogP contribution in [0.25, 0.3) is 0 Å². The maximum Gasteiger partial charge on any atom is 0.239 e. The normalized spacial score (nSPS) is 14.1. The Balaban J connectivity index is 2.17. The SMILES string of the molecule is O=C(CCl)Nc1ccc2c(c1)OCCCO2. The first kappa shape index (κ1) is 11.1. The van der Waals surface area contributed by atoms with Crippen LogP contribution in [0.15, 0.2) is 18.2 Å². The lowest BCUT2D eigenvalue weighted by molar-refractivity contribution is -0.113. The van der Waals surface area contributed by atoms with Crippen molar-refractivity contribution in [2.45, 2.75) is 6.42 Å². The molecule has 0 atom stereocenters. The first-order valence-corrected chi connectivity index (χ1v) is 5.58. The van der Waals surface area contributed by atoms with Crippen molar-refractivity contribution in [1.29, 1.82) is 0 Å². The van der Waals surface area contributed by atoms with Gasteiger partial charge < -0.3 is 14.8 Å². The zero-order chi connectivity index (χ0) is 11.4. The third-order valence-electron chi connectivity index (χ3n) is 2.15. The van der Waals surface area contributed by atoms with Gasteiger partial charge in [-0.25, -0.2) is 0 Å². The lowest BCUT2D eigenvalue weighted by atomic mass is 10.2. The van der Waals surface area contributed by atoms with E-state index in [1.54, 1.807) is 18.2 Å². The van der Waals surface area contributed by atoms with Crippen LogP contribution in [0.4, 0.5) is 5.69 Å². The largest absolute Gasteiger partial charge is 0.490 e. The van der Waals surface area contributed by atoms with Crippen molar-refractivity contribution in [3.05, 3.63) is 18.2 Å². The number of alkyl halides is 1. The van der Waals surface area contributed by atoms with Gasteiger partial charge in [0, 0.05) is 18.2 Å². The number of carbonyl (C=O) groups is 1. The molecule has 2 rings (SSSR count). The molecule has 1 aromatic rings. The maximum absolute atomic E-state index is 11.1. The maximum atomic E-state index is 11.1. The molecule has 0 radical (unpaired) electrons. The average Bonchev–Trinajstić information content (AvgIpc) is 2.53. The van der Waals surface area contributed by atoms with Crippen LogP contribution in [-0.4, -0.2) is 25.0 Å². The van der Waals surface area contributed by atoms with Crippen LogP contribution >= 0.6 is 11.6 Å². The molecule has 0 unspecified atom stereocenters. The van der Waals surface area contributed by atoms with Gasteiger partial charge >= 0.3 is 0 Å². The quantitative estimate of drug-likeness (QED) is 0.806. The summed E-state index contributed by atoms with van der Waals surface area (Å²) in [4.78, 5) is 11.1. The summed E-state index contributed by atoms with van der Waals surface area (Å²) in [6.45, 7) is 1.28. The van der Waals surface area contributed by atoms with Gasteiger partial charge in [-0.2, -0.15) is 0 Å². The summed E-state index contributed by atoms with van der Waals surface area (Å²) < 4.78 is 11.0. The molecule has 1 aliphatic rings. The number of hydrogen-bond acceptors (Lipinski definition) is 3. The number of hydrogen-bond donors (Lipinski definition) is 1. The Morgan fingerprint density at radius 1 is 1.31 bits per heavy atom. The number of benzene rings is 1. The molecule has 4 nitrogen and oxygen atoms in total. The van der Waals surface area contributed by atoms with Gasteiger partial charge in [-0.1, -0.05) is 0 Å². The van der Waals surface area contributed by atoms with E-state index in [0.717, 1.165) is 6.42 Å². The smallest absolute Gasteiger partial charge is 0.239 e. The Hall–Kier alpha value is -1.42. The second-order valence-corrected chi connectivity index (χ2v) is 3.66. The Morgan fingerprint density at radius 3 is 2.81 bits per heavy atom. The lowest BCUT2D eigenvalue weighted by Crippen LogP contribution is -2.12. The predicted molar refractivity (Wildman–Crippen MR) is 61.4 cm³/mol. The van der Waals surface area contributed by atoms with Gasteiger partial charge in [0.05, 0.1) is 13.2 Å². The molecule has 0 spiro atoms. The predicted octanol–water partition coefficient (Wildman–Crippen LogP) is 2.03. The number of fused-ring (bicyclic) bond motifs is 1. The van der Waals surface area contributed by atoms with Gasteiger partial charge in [0.2, 0.25) is 5.91 Å². The van der Waals surface area contributed by atoms with Gasteiger partial charge in [0.1, 0.15) is 5.88 Å². The van der Waals surface area contributed by atoms with E-state index < -0.39 is 0 Å². The van der Waals surface area contributed by atoms with Crippen LogP contribution in [0.5, 0.6) is 11.5 Å². The number of rotatable bonds is 2. The molecule has 0 fully saturated rings. The van der Waals surface area contributed by atoms with Crippen LogP contribution in [0, 0.1) is 0 Å². The van der Waals surface area contributed by atoms with Gasteiger partial charge in [0.15, 0.2) is 11.5 Å². The minimum absolute atomic E-state index is 0.0611. The molecule has 0 bridgehead atoms. The second kappa shape index (κ2) is 5.07. The summed E-state index contributed by atoms with van der Waals surface area (Å²) in [5, 5.41) is 2.66. The third kappa shape index (κ3) is 2.58. The molecule has 1 aliphatic heterocycles. The fraction of sp³-hybridized carbons (Fsp3) is 0.364. The molecule has 0 saturated carbocycles. The number of anilines is 1. The summed E-state index contributed by atoms with van der Waals surface area (Å²) in [5.41, 5.74) is 0.662. The summed E-state index contributed by atoms with van der Waals surface area (Å²) in [6.07, 6.45) is 0.859. The molecule has 86 valence electrons. The first-order valence-electron chi connectivity index (χ1n) is 5.05. The van der Waals surface area contributed by atoms with Crippen molar-refractivity contribution in [2.75, 3.05) is 24.4 Å². The number of amides is 1. The summed E-state index contributed by atoms with van der Waals surface area (Å²) in [5.74, 6) is 1.07. The average molecular weight is 242 g/mol. The monoisotopic (exact) mass is 241 g/mol. The zero-order valence-electron chi connectivity index (χ0n) is 8.66. The molecule has 0 aliphatic carbocycles. The standard InChI is InChI=1S/C11H12ClNO3/c12-7-11(14)13-8-2-3-9-10(6-8)16-5-1-4-15-9/h2-3,6H,1,4-5,7H2,(H,13,14). The van der Waals surface area contributed by atoms with Crippen LogP contribution < -0.4 is 14.8 Å². The zero-order valence-corrected chi connectivity index (χ0v) is 9.42. The highest BCUT2D eigenvalue weighted by molar-refractivity contribution is 6.29. The molecular weight excluding hydrogens is 230 g/mol. The Kier molecular flexibility index (Phi) is 3.51. The molecule has 5 heteroatoms. The second-order valence-electron chi connectivity index (χ2n) is 3.39. The highest BCUT2D eigenvalue weighted by Crippen LogP contribution is 2.32. The van der Waals surface area contributed by atoms with E-state index in [1.807, 2.05) is 0 Å². The molecule has 16 heavy (non-hydrogen) atoms. The van der Waals surface area contributed by atoms with E-state index in [9.17, 15) is 4.79 Å². The fourth-order valence-corrected chi connectivity index (χ4v) is 1.50. The molecule has 1 aromatic carbocycles. The van der Waals surface area contributed by atoms with E-state index in [-0.39, 0.29) is 11.8 Å². The molecule has 0 aromatic heterocycles. The van der Waals surface area contributed by atoms with Crippen LogP contribution in [0.3, 0.4) is 0 Å². The van der Waals surface area contributed by atoms with E-state index >= 15 is 0 Å². The lowest BCUT2D eigenvalue weighted by Gasteiger charge is -2.09. The van der Waals surface area contributed by atoms with Gasteiger partial charge in [0.25, 0.3) is 0 Å². The summed E-state index contributed by atoms with van der Waals surface area (Å²) in [6, 6.07) is 5.29. The van der Waals surface area contributed by atoms with E-state index in [0.29, 0.717) is 30.4 Å². The molecule has 0 saturated heterocycles. The van der Waals surface area contributed by atoms with E-state index in [1.165, 1.54) is 0 Å². The highest BCUT2D eigenvalue weighted by Gasteiger charge is 2.11. The molecule has 1 amide bonds. The Bertz CT molecular complexity index is 395. The van der Waals surface area contributed by atoms with Crippen molar-refractivity contribution in [2.24, 2.45) is 0 Å². The van der Waals surface area contributed by atoms with Gasteiger partial charge in [-0.15, -0.1) is 11.6 Å². The minimum atomic E-state index is -0.240. The van der Waals surface area contributed by atoms with Crippen LogP contribution in [-0.2, 0) is 4.79 Å². The number of ether oxygens (including phenoxy) is 2. The minimum Gasteiger partial charge on any atom is -0.490 e. The van der Waals surface area contributed by atoms with Crippen molar-refractivity contribution in [3.8, 4) is 11.5 Å². The van der Waals surface area contributed by atoms with Gasteiger partial charge in [-0.05, 0) is 12.1 Å². The highest BCUT2D eigenvalue weighted by atomic mass is 35.5. The van der Waals surface area contributed by atoms with E-state index in [2.05, 4.69) is 5.32 Å². The number of nitrogens with one attached hydrogen (secondary N) is 1. The summed E-state index contributed by atoms with van der Waals surface area (Å²) >= 11 is 5.40. The van der Waals surface area contributed by atoms with Crippen LogP contribution in [0.1, 0.15) is 6.42 Å². The number of halogens is 1. The molecule has 1 N–H and O–H groups in total. The number of carbonyl (C=O) groups excluding carboxylic acids is 1. The molecular formula is C11H12ClNO3. The van der Waals surface area contributed by atoms with Crippen LogP contribution in [0.2, 0.25) is 0 Å². The fourth-order valence-electron chi connectivity index (χ4n) is 1.44. The topological polar surface area (TPSA) is 47.6 Å². The van der Waals surface area contributed by atoms with Crippen molar-refractivity contribution < 1.29 is 14.3 Å².